The number of sulfonamides is 1. The van der Waals surface area contributed by atoms with Crippen LogP contribution < -0.4 is 14.8 Å². The van der Waals surface area contributed by atoms with Crippen molar-refractivity contribution in [3.63, 3.8) is 0 Å². The molecule has 0 saturated heterocycles. The van der Waals surface area contributed by atoms with E-state index in [-0.39, 0.29) is 9.92 Å². The zero-order valence-electron chi connectivity index (χ0n) is 11.4. The molecule has 1 rings (SSSR count). The monoisotopic (exact) mass is 320 g/mol. The molecule has 1 amide bonds. The second-order valence-electron chi connectivity index (χ2n) is 3.98. The van der Waals surface area contributed by atoms with Crippen molar-refractivity contribution >= 4 is 27.5 Å². The van der Waals surface area contributed by atoms with Crippen LogP contribution in [0.25, 0.3) is 0 Å². The highest BCUT2D eigenvalue weighted by Gasteiger charge is 2.22. The molecule has 112 valence electrons. The molecule has 0 heterocycles. The van der Waals surface area contributed by atoms with Gasteiger partial charge < -0.3 is 10.1 Å². The van der Waals surface area contributed by atoms with Gasteiger partial charge in [-0.2, -0.15) is 4.72 Å². The first-order chi connectivity index (χ1) is 9.31. The Balaban J connectivity index is 2.98. The fourth-order valence-electron chi connectivity index (χ4n) is 1.49. The molecule has 0 spiro atoms. The van der Waals surface area contributed by atoms with Crippen LogP contribution in [-0.2, 0) is 14.8 Å². The molecule has 0 unspecified atom stereocenters. The molecule has 0 bridgehead atoms. The Morgan fingerprint density at radius 2 is 2.10 bits per heavy atom. The first kappa shape index (κ1) is 16.7. The zero-order valence-corrected chi connectivity index (χ0v) is 13.0. The summed E-state index contributed by atoms with van der Waals surface area (Å²) in [6.45, 7) is 3.68. The normalized spacial score (nSPS) is 12.8. The van der Waals surface area contributed by atoms with E-state index >= 15 is 0 Å². The van der Waals surface area contributed by atoms with E-state index in [1.54, 1.807) is 6.92 Å². The molecule has 1 aromatic rings. The highest BCUT2D eigenvalue weighted by molar-refractivity contribution is 7.89. The lowest BCUT2D eigenvalue weighted by molar-refractivity contribution is -0.121. The van der Waals surface area contributed by atoms with Crippen LogP contribution in [0.4, 0.5) is 0 Å². The van der Waals surface area contributed by atoms with Gasteiger partial charge in [-0.15, -0.1) is 0 Å². The topological polar surface area (TPSA) is 84.5 Å². The molecular weight excluding hydrogens is 304 g/mol. The van der Waals surface area contributed by atoms with Gasteiger partial charge in [0.2, 0.25) is 15.9 Å². The summed E-state index contributed by atoms with van der Waals surface area (Å²) in [5, 5.41) is 2.56. The minimum Gasteiger partial charge on any atom is -0.492 e. The van der Waals surface area contributed by atoms with Gasteiger partial charge in [0.15, 0.2) is 0 Å². The van der Waals surface area contributed by atoms with Crippen molar-refractivity contribution in [1.82, 2.24) is 10.0 Å². The van der Waals surface area contributed by atoms with Crippen molar-refractivity contribution in [3.05, 3.63) is 23.2 Å². The van der Waals surface area contributed by atoms with Gasteiger partial charge in [-0.1, -0.05) is 11.6 Å². The number of ether oxygens (including phenoxy) is 1. The van der Waals surface area contributed by atoms with E-state index < -0.39 is 22.0 Å². The van der Waals surface area contributed by atoms with E-state index in [2.05, 4.69) is 10.0 Å². The average Bonchev–Trinajstić information content (AvgIpc) is 2.39. The lowest BCUT2D eigenvalue weighted by Crippen LogP contribution is -2.43. The molecule has 0 fully saturated rings. The number of amides is 1. The molecule has 1 aromatic carbocycles. The van der Waals surface area contributed by atoms with E-state index in [0.717, 1.165) is 0 Å². The molecule has 0 aromatic heterocycles. The predicted octanol–water partition coefficient (Wildman–Crippen LogP) is 1.15. The Morgan fingerprint density at radius 1 is 1.45 bits per heavy atom. The largest absolute Gasteiger partial charge is 0.492 e. The molecule has 0 saturated carbocycles. The number of likely N-dealkylation sites (N-methyl/N-ethyl adjacent to an activating group) is 1. The second kappa shape index (κ2) is 6.92. The van der Waals surface area contributed by atoms with Crippen LogP contribution >= 0.6 is 11.6 Å². The van der Waals surface area contributed by atoms with Crippen LogP contribution in [0.3, 0.4) is 0 Å². The maximum atomic E-state index is 12.1. The van der Waals surface area contributed by atoms with Crippen LogP contribution in [0.1, 0.15) is 13.8 Å². The summed E-state index contributed by atoms with van der Waals surface area (Å²) in [7, 11) is -2.39. The smallest absolute Gasteiger partial charge is 0.241 e. The number of rotatable bonds is 6. The fourth-order valence-corrected chi connectivity index (χ4v) is 3.02. The summed E-state index contributed by atoms with van der Waals surface area (Å²) >= 11 is 5.94. The number of nitrogens with one attached hydrogen (secondary N) is 2. The third kappa shape index (κ3) is 4.09. The van der Waals surface area contributed by atoms with Gasteiger partial charge in [0.1, 0.15) is 5.75 Å². The summed E-state index contributed by atoms with van der Waals surface area (Å²) in [4.78, 5) is 11.3. The van der Waals surface area contributed by atoms with Crippen LogP contribution in [0.5, 0.6) is 5.75 Å². The number of carbonyl (C=O) groups excluding carboxylic acids is 1. The fraction of sp³-hybridized carbons (Fsp3) is 0.417. The lowest BCUT2D eigenvalue weighted by Gasteiger charge is -2.13. The number of carbonyl (C=O) groups is 1. The van der Waals surface area contributed by atoms with Gasteiger partial charge in [0.25, 0.3) is 0 Å². The highest BCUT2D eigenvalue weighted by Crippen LogP contribution is 2.27. The highest BCUT2D eigenvalue weighted by atomic mass is 35.5. The molecule has 1 atom stereocenters. The van der Waals surface area contributed by atoms with Gasteiger partial charge in [-0.3, -0.25) is 4.79 Å². The first-order valence-corrected chi connectivity index (χ1v) is 7.84. The molecule has 6 nitrogen and oxygen atoms in total. The van der Waals surface area contributed by atoms with Crippen molar-refractivity contribution in [3.8, 4) is 5.75 Å². The molecule has 20 heavy (non-hydrogen) atoms. The van der Waals surface area contributed by atoms with E-state index in [1.165, 1.54) is 32.2 Å². The molecule has 0 aliphatic rings. The first-order valence-electron chi connectivity index (χ1n) is 5.98. The average molecular weight is 321 g/mol. The van der Waals surface area contributed by atoms with Gasteiger partial charge in [-0.25, -0.2) is 8.42 Å². The molecule has 0 radical (unpaired) electrons. The molecule has 2 N–H and O–H groups in total. The van der Waals surface area contributed by atoms with Crippen molar-refractivity contribution in [1.29, 1.82) is 0 Å². The summed E-state index contributed by atoms with van der Waals surface area (Å²) in [5.74, 6) is -0.0157. The minimum absolute atomic E-state index is 0.0262. The molecule has 0 aliphatic carbocycles. The van der Waals surface area contributed by atoms with E-state index in [0.29, 0.717) is 12.4 Å². The summed E-state index contributed by atoms with van der Waals surface area (Å²) in [5.41, 5.74) is 0. The third-order valence-corrected chi connectivity index (χ3v) is 4.32. The van der Waals surface area contributed by atoms with Gasteiger partial charge >= 0.3 is 0 Å². The Labute approximate surface area is 123 Å². The number of benzene rings is 1. The van der Waals surface area contributed by atoms with Crippen molar-refractivity contribution in [2.45, 2.75) is 24.8 Å². The Bertz CT molecular complexity index is 589. The predicted molar refractivity (Wildman–Crippen MR) is 76.5 cm³/mol. The number of hydrogen-bond donors (Lipinski definition) is 2. The van der Waals surface area contributed by atoms with Crippen LogP contribution in [0.2, 0.25) is 5.02 Å². The van der Waals surface area contributed by atoms with Gasteiger partial charge in [0, 0.05) is 7.05 Å². The summed E-state index contributed by atoms with van der Waals surface area (Å²) in [6.07, 6.45) is 0. The second-order valence-corrected chi connectivity index (χ2v) is 6.10. The van der Waals surface area contributed by atoms with Crippen molar-refractivity contribution in [2.75, 3.05) is 13.7 Å². The van der Waals surface area contributed by atoms with Gasteiger partial charge in [-0.05, 0) is 32.0 Å². The standard InChI is InChI=1S/C12H17ClN2O4S/c1-4-19-11-6-5-9(7-10(11)13)20(17,18)15-8(2)12(16)14-3/h5-8,15H,4H2,1-3H3,(H,14,16)/t8-/m1/s1. The zero-order chi connectivity index (χ0) is 15.3. The Kier molecular flexibility index (Phi) is 5.79. The number of hydrogen-bond acceptors (Lipinski definition) is 4. The maximum absolute atomic E-state index is 12.1. The molecule has 0 aliphatic heterocycles. The Morgan fingerprint density at radius 3 is 2.60 bits per heavy atom. The third-order valence-electron chi connectivity index (χ3n) is 2.49. The molecule has 8 heteroatoms. The quantitative estimate of drug-likeness (QED) is 0.823. The SMILES string of the molecule is CCOc1ccc(S(=O)(=O)N[C@H](C)C(=O)NC)cc1Cl. The van der Waals surface area contributed by atoms with Crippen LogP contribution in [-0.4, -0.2) is 34.0 Å². The Hall–Kier alpha value is -1.31. The lowest BCUT2D eigenvalue weighted by atomic mass is 10.3. The summed E-state index contributed by atoms with van der Waals surface area (Å²) < 4.78 is 31.7. The minimum atomic E-state index is -3.82. The van der Waals surface area contributed by atoms with Crippen molar-refractivity contribution < 1.29 is 17.9 Å². The van der Waals surface area contributed by atoms with Gasteiger partial charge in [0.05, 0.1) is 22.6 Å². The van der Waals surface area contributed by atoms with Crippen LogP contribution in [0.15, 0.2) is 23.1 Å². The van der Waals surface area contributed by atoms with Crippen LogP contribution in [0, 0.1) is 0 Å². The maximum Gasteiger partial charge on any atom is 0.241 e. The van der Waals surface area contributed by atoms with E-state index in [4.69, 9.17) is 16.3 Å². The summed E-state index contributed by atoms with van der Waals surface area (Å²) in [6, 6.07) is 3.25. The van der Waals surface area contributed by atoms with Crippen molar-refractivity contribution in [2.24, 2.45) is 0 Å². The van der Waals surface area contributed by atoms with E-state index in [1.807, 2.05) is 0 Å². The molecular formula is C12H17ClN2O4S. The number of halogens is 1. The van der Waals surface area contributed by atoms with E-state index in [9.17, 15) is 13.2 Å².